The number of aliphatic hydroxyl groups is 1. The largest absolute Gasteiger partial charge is 0.395 e. The van der Waals surface area contributed by atoms with Gasteiger partial charge in [-0.3, -0.25) is 4.79 Å². The first kappa shape index (κ1) is 15.9. The molecule has 0 heterocycles. The first-order valence-corrected chi connectivity index (χ1v) is 8.29. The average Bonchev–Trinajstić information content (AvgIpc) is 2.29. The van der Waals surface area contributed by atoms with Gasteiger partial charge in [0, 0.05) is 23.8 Å². The molecular weight excluding hydrogens is 559 g/mol. The molecule has 1 aromatic carbocycles. The Hall–Kier alpha value is 0.840. The number of carbonyl (C=O) groups is 1. The Morgan fingerprint density at radius 2 is 2.00 bits per heavy atom. The van der Waals surface area contributed by atoms with E-state index in [1.165, 1.54) is 0 Å². The number of amides is 1. The monoisotopic (exact) mass is 571 g/mol. The van der Waals surface area contributed by atoms with E-state index < -0.39 is 0 Å². The molecule has 94 valence electrons. The van der Waals surface area contributed by atoms with Crippen LogP contribution in [-0.4, -0.2) is 35.6 Å². The summed E-state index contributed by atoms with van der Waals surface area (Å²) < 4.78 is 3.11. The lowest BCUT2D eigenvalue weighted by Crippen LogP contribution is -2.34. The van der Waals surface area contributed by atoms with Crippen molar-refractivity contribution in [3.05, 3.63) is 28.4 Å². The highest BCUT2D eigenvalue weighted by Gasteiger charge is 2.18. The quantitative estimate of drug-likeness (QED) is 0.447. The molecule has 1 rings (SSSR count). The molecule has 0 bridgehead atoms. The highest BCUT2D eigenvalue weighted by molar-refractivity contribution is 14.1. The Bertz CT molecular complexity index is 423. The number of aliphatic hydroxyl groups excluding tert-OH is 1. The summed E-state index contributed by atoms with van der Waals surface area (Å²) in [5.41, 5.74) is 0.720. The topological polar surface area (TPSA) is 40.5 Å². The number of hydrogen-bond acceptors (Lipinski definition) is 2. The summed E-state index contributed by atoms with van der Waals surface area (Å²) in [6.07, 6.45) is 0. The van der Waals surface area contributed by atoms with E-state index in [1.54, 1.807) is 4.90 Å². The van der Waals surface area contributed by atoms with Crippen LogP contribution in [0.25, 0.3) is 0 Å². The molecule has 0 aliphatic carbocycles. The summed E-state index contributed by atoms with van der Waals surface area (Å²) >= 11 is 6.64. The average molecular weight is 571 g/mol. The molecule has 0 atom stereocenters. The molecule has 1 amide bonds. The molecule has 17 heavy (non-hydrogen) atoms. The van der Waals surface area contributed by atoms with Gasteiger partial charge in [-0.05, 0) is 86.8 Å². The van der Waals surface area contributed by atoms with Crippen molar-refractivity contribution in [3.8, 4) is 0 Å². The van der Waals surface area contributed by atoms with Crippen molar-refractivity contribution >= 4 is 73.7 Å². The van der Waals surface area contributed by atoms with Gasteiger partial charge >= 0.3 is 0 Å². The van der Waals surface area contributed by atoms with Gasteiger partial charge in [0.1, 0.15) is 0 Å². The van der Waals surface area contributed by atoms with Crippen molar-refractivity contribution < 1.29 is 9.90 Å². The third-order valence-electron chi connectivity index (χ3n) is 2.26. The number of likely N-dealkylation sites (N-methyl/N-ethyl adjacent to an activating group) is 1. The van der Waals surface area contributed by atoms with Crippen molar-refractivity contribution in [1.29, 1.82) is 0 Å². The Kier molecular flexibility index (Phi) is 6.95. The van der Waals surface area contributed by atoms with E-state index in [9.17, 15) is 4.79 Å². The number of nitrogens with zero attached hydrogens (tertiary/aromatic N) is 1. The number of carbonyl (C=O) groups excluding carboxylic acids is 1. The summed E-state index contributed by atoms with van der Waals surface area (Å²) in [6.45, 7) is 2.90. The third kappa shape index (κ3) is 4.16. The maximum absolute atomic E-state index is 12.3. The molecule has 0 saturated carbocycles. The molecule has 1 N–H and O–H groups in total. The minimum atomic E-state index is -0.0117. The summed E-state index contributed by atoms with van der Waals surface area (Å²) in [5, 5.41) is 8.94. The summed E-state index contributed by atoms with van der Waals surface area (Å²) in [4.78, 5) is 14.0. The number of benzene rings is 1. The van der Waals surface area contributed by atoms with E-state index in [4.69, 9.17) is 5.11 Å². The second-order valence-electron chi connectivity index (χ2n) is 3.36. The fourth-order valence-corrected chi connectivity index (χ4v) is 3.79. The van der Waals surface area contributed by atoms with E-state index in [-0.39, 0.29) is 12.5 Å². The highest BCUT2D eigenvalue weighted by atomic mass is 127. The van der Waals surface area contributed by atoms with Crippen LogP contribution >= 0.6 is 67.8 Å². The van der Waals surface area contributed by atoms with Crippen LogP contribution in [0.15, 0.2) is 12.1 Å². The van der Waals surface area contributed by atoms with Crippen LogP contribution in [0.2, 0.25) is 0 Å². The Balaban J connectivity index is 3.10. The zero-order valence-corrected chi connectivity index (χ0v) is 15.7. The van der Waals surface area contributed by atoms with Gasteiger partial charge in [-0.15, -0.1) is 0 Å². The van der Waals surface area contributed by atoms with Crippen LogP contribution in [0, 0.1) is 10.7 Å². The van der Waals surface area contributed by atoms with Crippen molar-refractivity contribution in [2.45, 2.75) is 6.92 Å². The summed E-state index contributed by atoms with van der Waals surface area (Å²) in [5.74, 6) is -0.0117. The van der Waals surface area contributed by atoms with Crippen LogP contribution in [0.5, 0.6) is 0 Å². The van der Waals surface area contributed by atoms with Crippen molar-refractivity contribution in [3.63, 3.8) is 0 Å². The standard InChI is InChI=1S/C11H12I3NO2/c1-2-15(3-4-16)11(17)8-5-7(12)6-9(13)10(8)14/h5-6,16H,2-4H2,1H3. The molecule has 0 saturated heterocycles. The highest BCUT2D eigenvalue weighted by Crippen LogP contribution is 2.23. The van der Waals surface area contributed by atoms with E-state index in [0.717, 1.165) is 16.3 Å². The fourth-order valence-electron chi connectivity index (χ4n) is 1.41. The molecule has 0 spiro atoms. The molecule has 6 heteroatoms. The molecule has 0 unspecified atom stereocenters. The van der Waals surface area contributed by atoms with Gasteiger partial charge in [-0.1, -0.05) is 0 Å². The molecule has 0 fully saturated rings. The predicted molar refractivity (Wildman–Crippen MR) is 93.3 cm³/mol. The molecule has 0 radical (unpaired) electrons. The Morgan fingerprint density at radius 3 is 2.53 bits per heavy atom. The van der Waals surface area contributed by atoms with Gasteiger partial charge in [-0.25, -0.2) is 0 Å². The van der Waals surface area contributed by atoms with Crippen molar-refractivity contribution in [1.82, 2.24) is 4.90 Å². The maximum Gasteiger partial charge on any atom is 0.255 e. The second kappa shape index (κ2) is 7.43. The lowest BCUT2D eigenvalue weighted by atomic mass is 10.2. The van der Waals surface area contributed by atoms with Gasteiger partial charge in [-0.2, -0.15) is 0 Å². The molecule has 0 aliphatic heterocycles. The smallest absolute Gasteiger partial charge is 0.255 e. The van der Waals surface area contributed by atoms with E-state index in [0.29, 0.717) is 13.1 Å². The number of rotatable bonds is 4. The minimum Gasteiger partial charge on any atom is -0.395 e. The lowest BCUT2D eigenvalue weighted by Gasteiger charge is -2.20. The van der Waals surface area contributed by atoms with Crippen LogP contribution in [0.1, 0.15) is 17.3 Å². The molecule has 0 aliphatic rings. The van der Waals surface area contributed by atoms with Gasteiger partial charge in [0.15, 0.2) is 0 Å². The van der Waals surface area contributed by atoms with Gasteiger partial charge < -0.3 is 10.0 Å². The van der Waals surface area contributed by atoms with Crippen LogP contribution in [-0.2, 0) is 0 Å². The molecule has 0 aromatic heterocycles. The van der Waals surface area contributed by atoms with Crippen molar-refractivity contribution in [2.75, 3.05) is 19.7 Å². The molecule has 3 nitrogen and oxygen atoms in total. The fraction of sp³-hybridized carbons (Fsp3) is 0.364. The zero-order valence-electron chi connectivity index (χ0n) is 9.21. The van der Waals surface area contributed by atoms with E-state index in [2.05, 4.69) is 67.8 Å². The first-order valence-electron chi connectivity index (χ1n) is 5.06. The normalized spacial score (nSPS) is 10.4. The van der Waals surface area contributed by atoms with Gasteiger partial charge in [0.2, 0.25) is 0 Å². The SMILES string of the molecule is CCN(CCO)C(=O)c1cc(I)cc(I)c1I. The lowest BCUT2D eigenvalue weighted by molar-refractivity contribution is 0.0730. The minimum absolute atomic E-state index is 0.00280. The third-order valence-corrected chi connectivity index (χ3v) is 5.93. The first-order chi connectivity index (χ1) is 8.01. The second-order valence-corrected chi connectivity index (χ2v) is 6.84. The predicted octanol–water partition coefficient (Wildman–Crippen LogP) is 2.95. The summed E-state index contributed by atoms with van der Waals surface area (Å²) in [7, 11) is 0. The maximum atomic E-state index is 12.3. The van der Waals surface area contributed by atoms with Crippen LogP contribution < -0.4 is 0 Å². The van der Waals surface area contributed by atoms with Gasteiger partial charge in [0.25, 0.3) is 5.91 Å². The van der Waals surface area contributed by atoms with E-state index >= 15 is 0 Å². The Morgan fingerprint density at radius 1 is 1.35 bits per heavy atom. The van der Waals surface area contributed by atoms with Crippen molar-refractivity contribution in [2.24, 2.45) is 0 Å². The Labute approximate surface area is 142 Å². The van der Waals surface area contributed by atoms with Gasteiger partial charge in [0.05, 0.1) is 12.2 Å². The van der Waals surface area contributed by atoms with Crippen LogP contribution in [0.3, 0.4) is 0 Å². The molecule has 1 aromatic rings. The van der Waals surface area contributed by atoms with E-state index in [1.807, 2.05) is 19.1 Å². The zero-order chi connectivity index (χ0) is 13.0. The van der Waals surface area contributed by atoms with Crippen LogP contribution in [0.4, 0.5) is 0 Å². The number of hydrogen-bond donors (Lipinski definition) is 1. The number of halogens is 3. The molecular formula is C11H12I3NO2. The summed E-state index contributed by atoms with van der Waals surface area (Å²) in [6, 6.07) is 3.94.